The number of nitrogens with zero attached hydrogens (tertiary/aromatic N) is 1. The molecular weight excluding hydrogens is 274 g/mol. The van der Waals surface area contributed by atoms with Gasteiger partial charge in [-0.15, -0.1) is 0 Å². The van der Waals surface area contributed by atoms with Gasteiger partial charge >= 0.3 is 0 Å². The summed E-state index contributed by atoms with van der Waals surface area (Å²) in [7, 11) is 0. The number of allylic oxidation sites excluding steroid dienone is 2. The summed E-state index contributed by atoms with van der Waals surface area (Å²) in [5, 5.41) is 19.3. The Morgan fingerprint density at radius 2 is 1.76 bits per heavy atom. The number of aromatic nitrogens is 1. The van der Waals surface area contributed by atoms with Gasteiger partial charge in [-0.05, 0) is 13.0 Å². The number of carbonyl (C=O) groups excluding carboxylic acids is 1. The molecule has 0 unspecified atom stereocenters. The van der Waals surface area contributed by atoms with Gasteiger partial charge in [0.05, 0.1) is 16.7 Å². The van der Waals surface area contributed by atoms with Crippen LogP contribution in [0.2, 0.25) is 0 Å². The minimum Gasteiger partial charge on any atom is -0.506 e. The van der Waals surface area contributed by atoms with Gasteiger partial charge in [0.25, 0.3) is 5.43 Å². The normalized spacial score (nSPS) is 14.7. The molecule has 1 aromatic carbocycles. The maximum atomic E-state index is 11.8. The van der Waals surface area contributed by atoms with Gasteiger partial charge in [0, 0.05) is 23.0 Å². The summed E-state index contributed by atoms with van der Waals surface area (Å²) in [6.07, 6.45) is 1.32. The van der Waals surface area contributed by atoms with Crippen LogP contribution in [0.5, 0.6) is 5.75 Å². The van der Waals surface area contributed by atoms with E-state index in [2.05, 4.69) is 11.6 Å². The zero-order valence-corrected chi connectivity index (χ0v) is 10.9. The Bertz CT molecular complexity index is 942. The molecule has 0 saturated carbocycles. The molecule has 2 N–H and O–H groups in total. The predicted molar refractivity (Wildman–Crippen MR) is 74.7 cm³/mol. The Morgan fingerprint density at radius 1 is 1.10 bits per heavy atom. The Balaban J connectivity index is 2.31. The van der Waals surface area contributed by atoms with Gasteiger partial charge in [-0.1, -0.05) is 6.58 Å². The third kappa shape index (κ3) is 1.53. The van der Waals surface area contributed by atoms with E-state index in [-0.39, 0.29) is 33.6 Å². The molecule has 1 aromatic heterocycles. The van der Waals surface area contributed by atoms with Crippen LogP contribution in [0.3, 0.4) is 0 Å². The Labute approximate surface area is 118 Å². The van der Waals surface area contributed by atoms with E-state index in [0.29, 0.717) is 5.69 Å². The number of carbonyl (C=O) groups is 1. The molecule has 21 heavy (non-hydrogen) atoms. The number of hydrogen-bond acceptors (Lipinski definition) is 6. The first-order valence-electron chi connectivity index (χ1n) is 6.01. The average molecular weight is 283 g/mol. The highest BCUT2D eigenvalue weighted by Gasteiger charge is 2.36. The van der Waals surface area contributed by atoms with Gasteiger partial charge in [0.2, 0.25) is 11.2 Å². The van der Waals surface area contributed by atoms with Crippen molar-refractivity contribution in [3.63, 3.8) is 0 Å². The Hall–Kier alpha value is -3.02. The van der Waals surface area contributed by atoms with Gasteiger partial charge in [-0.2, -0.15) is 0 Å². The molecule has 1 heterocycles. The topological polar surface area (TPSA) is 105 Å². The van der Waals surface area contributed by atoms with Crippen LogP contribution in [0, 0.1) is 6.92 Å². The van der Waals surface area contributed by atoms with Crippen molar-refractivity contribution < 1.29 is 15.0 Å². The van der Waals surface area contributed by atoms with Crippen molar-refractivity contribution in [2.24, 2.45) is 0 Å². The SMILES string of the molecule is C=C1C(=O)C(c2cnc(C)cc2-c2c(O)c(=O)c2=O)=C1O. The van der Waals surface area contributed by atoms with Crippen molar-refractivity contribution in [1.82, 2.24) is 4.98 Å². The second-order valence-corrected chi connectivity index (χ2v) is 4.78. The monoisotopic (exact) mass is 283 g/mol. The van der Waals surface area contributed by atoms with E-state index in [9.17, 15) is 24.6 Å². The number of pyridine rings is 1. The molecule has 3 rings (SSSR count). The summed E-state index contributed by atoms with van der Waals surface area (Å²) >= 11 is 0. The van der Waals surface area contributed by atoms with Crippen molar-refractivity contribution in [1.29, 1.82) is 0 Å². The van der Waals surface area contributed by atoms with E-state index in [0.717, 1.165) is 0 Å². The number of ketones is 1. The minimum atomic E-state index is -0.965. The summed E-state index contributed by atoms with van der Waals surface area (Å²) in [6, 6.07) is 1.47. The Kier molecular flexibility index (Phi) is 2.47. The smallest absolute Gasteiger partial charge is 0.268 e. The summed E-state index contributed by atoms with van der Waals surface area (Å²) in [5.74, 6) is -1.37. The molecule has 1 aliphatic carbocycles. The highest BCUT2D eigenvalue weighted by Crippen LogP contribution is 2.40. The van der Waals surface area contributed by atoms with Gasteiger partial charge in [-0.25, -0.2) is 0 Å². The van der Waals surface area contributed by atoms with Gasteiger partial charge < -0.3 is 10.2 Å². The van der Waals surface area contributed by atoms with Crippen LogP contribution in [-0.4, -0.2) is 21.0 Å². The molecule has 0 saturated heterocycles. The molecule has 0 atom stereocenters. The number of aliphatic hydroxyl groups excluding tert-OH is 1. The summed E-state index contributed by atoms with van der Waals surface area (Å²) in [5.41, 5.74) is -1.07. The molecule has 0 bridgehead atoms. The van der Waals surface area contributed by atoms with E-state index in [4.69, 9.17) is 0 Å². The molecule has 0 aliphatic heterocycles. The van der Waals surface area contributed by atoms with Gasteiger partial charge in [0.1, 0.15) is 5.76 Å². The lowest BCUT2D eigenvalue weighted by Gasteiger charge is -2.22. The third-order valence-corrected chi connectivity index (χ3v) is 3.49. The molecule has 2 aromatic rings. The van der Waals surface area contributed by atoms with Crippen LogP contribution in [0.1, 0.15) is 11.3 Å². The second-order valence-electron chi connectivity index (χ2n) is 4.78. The van der Waals surface area contributed by atoms with Crippen LogP contribution in [0.4, 0.5) is 0 Å². The highest BCUT2D eigenvalue weighted by molar-refractivity contribution is 6.39. The molecule has 0 fully saturated rings. The number of hydrogen-bond donors (Lipinski definition) is 2. The standard InChI is InChI=1S/C15H9NO5/c1-5-3-7(9-13(19)15(21)14(9)20)8(4-16-5)10-11(17)6(2)12(10)18/h3-4,17,19H,2H2,1H3. The Morgan fingerprint density at radius 3 is 2.33 bits per heavy atom. The fourth-order valence-electron chi connectivity index (χ4n) is 2.30. The van der Waals surface area contributed by atoms with Crippen molar-refractivity contribution in [3.05, 3.63) is 61.9 Å². The van der Waals surface area contributed by atoms with Gasteiger partial charge in [-0.3, -0.25) is 19.4 Å². The van der Waals surface area contributed by atoms with E-state index < -0.39 is 22.4 Å². The molecule has 0 amide bonds. The lowest BCUT2D eigenvalue weighted by atomic mass is 9.81. The third-order valence-electron chi connectivity index (χ3n) is 3.49. The van der Waals surface area contributed by atoms with Crippen molar-refractivity contribution in [3.8, 4) is 16.9 Å². The first kappa shape index (κ1) is 13.0. The molecule has 104 valence electrons. The maximum Gasteiger partial charge on any atom is 0.268 e. The number of Topliss-reactive ketones (excluding diaryl/α,β-unsaturated/α-hetero) is 1. The molecule has 0 spiro atoms. The van der Waals surface area contributed by atoms with E-state index >= 15 is 0 Å². The number of aromatic hydroxyl groups is 1. The molecule has 0 radical (unpaired) electrons. The molecular formula is C15H9NO5. The predicted octanol–water partition coefficient (Wildman–Crippen LogP) is 0.767. The highest BCUT2D eigenvalue weighted by atomic mass is 16.3. The lowest BCUT2D eigenvalue weighted by Crippen LogP contribution is -2.32. The summed E-state index contributed by atoms with van der Waals surface area (Å²) < 4.78 is 0. The molecule has 1 aliphatic rings. The quantitative estimate of drug-likeness (QED) is 0.623. The van der Waals surface area contributed by atoms with E-state index in [1.165, 1.54) is 12.3 Å². The zero-order chi connectivity index (χ0) is 15.5. The summed E-state index contributed by atoms with van der Waals surface area (Å²) in [4.78, 5) is 38.6. The number of rotatable bonds is 2. The minimum absolute atomic E-state index is 0.0186. The van der Waals surface area contributed by atoms with Crippen LogP contribution in [0.25, 0.3) is 16.7 Å². The largest absolute Gasteiger partial charge is 0.506 e. The second kappa shape index (κ2) is 3.99. The van der Waals surface area contributed by atoms with Crippen molar-refractivity contribution in [2.75, 3.05) is 0 Å². The van der Waals surface area contributed by atoms with E-state index in [1.807, 2.05) is 0 Å². The summed E-state index contributed by atoms with van der Waals surface area (Å²) in [6.45, 7) is 5.06. The van der Waals surface area contributed by atoms with Crippen LogP contribution in [0.15, 0.2) is 39.8 Å². The van der Waals surface area contributed by atoms with Crippen molar-refractivity contribution in [2.45, 2.75) is 6.92 Å². The van der Waals surface area contributed by atoms with Crippen LogP contribution in [-0.2, 0) is 4.79 Å². The fourth-order valence-corrected chi connectivity index (χ4v) is 2.30. The average Bonchev–Trinajstić information content (AvgIpc) is 2.49. The number of aryl methyl sites for hydroxylation is 1. The zero-order valence-electron chi connectivity index (χ0n) is 10.9. The maximum absolute atomic E-state index is 11.8. The van der Waals surface area contributed by atoms with Gasteiger partial charge in [0.15, 0.2) is 5.75 Å². The lowest BCUT2D eigenvalue weighted by molar-refractivity contribution is -0.111. The van der Waals surface area contributed by atoms with Crippen LogP contribution < -0.4 is 10.9 Å². The van der Waals surface area contributed by atoms with E-state index in [1.54, 1.807) is 6.92 Å². The fraction of sp³-hybridized carbons (Fsp3) is 0.0667. The first-order valence-corrected chi connectivity index (χ1v) is 6.01. The van der Waals surface area contributed by atoms with Crippen molar-refractivity contribution >= 4 is 11.4 Å². The van der Waals surface area contributed by atoms with Crippen LogP contribution >= 0.6 is 0 Å². The first-order chi connectivity index (χ1) is 9.84. The molecule has 6 nitrogen and oxygen atoms in total. The molecule has 6 heteroatoms. The number of aliphatic hydroxyl groups is 1.